The predicted molar refractivity (Wildman–Crippen MR) is 88.1 cm³/mol. The highest BCUT2D eigenvalue weighted by molar-refractivity contribution is 5.41. The number of rotatable bonds is 4. The number of methoxy groups -OCH3 is 1. The van der Waals surface area contributed by atoms with Crippen molar-refractivity contribution in [1.82, 2.24) is 4.90 Å². The largest absolute Gasteiger partial charge is 0.497 e. The third-order valence-electron chi connectivity index (χ3n) is 5.40. The van der Waals surface area contributed by atoms with Gasteiger partial charge in [0, 0.05) is 8.78 Å². The minimum absolute atomic E-state index is 0.348. The van der Waals surface area contributed by atoms with E-state index in [-0.39, 0.29) is 0 Å². The van der Waals surface area contributed by atoms with Crippen LogP contribution in [0.25, 0.3) is 0 Å². The second-order valence-electron chi connectivity index (χ2n) is 6.63. The Bertz CT molecular complexity index is 534. The van der Waals surface area contributed by atoms with Gasteiger partial charge in [0.1, 0.15) is 5.75 Å². The molecule has 0 heterocycles. The monoisotopic (exact) mass is 289 g/mol. The molecule has 0 amide bonds. The minimum Gasteiger partial charge on any atom is -0.497 e. The van der Waals surface area contributed by atoms with Crippen LogP contribution in [0.15, 0.2) is 18.2 Å². The molecule has 0 radical (unpaired) electrons. The summed E-state index contributed by atoms with van der Waals surface area (Å²) in [6.45, 7) is 2.15. The SMILES string of the molecule is [2H]C([2H])N(CCC)[C@H]1Cc2ccc(OC)cc2C2CCCCC21. The van der Waals surface area contributed by atoms with Crippen molar-refractivity contribution in [2.45, 2.75) is 57.4 Å². The lowest BCUT2D eigenvalue weighted by atomic mass is 9.65. The lowest BCUT2D eigenvalue weighted by molar-refractivity contribution is 0.115. The molecule has 2 nitrogen and oxygen atoms in total. The number of ether oxygens (including phenoxy) is 1. The van der Waals surface area contributed by atoms with Gasteiger partial charge in [0.05, 0.1) is 7.11 Å². The van der Waals surface area contributed by atoms with Gasteiger partial charge in [-0.1, -0.05) is 25.8 Å². The molecule has 21 heavy (non-hydrogen) atoms. The summed E-state index contributed by atoms with van der Waals surface area (Å²) in [6, 6.07) is 6.85. The van der Waals surface area contributed by atoms with Gasteiger partial charge in [-0.25, -0.2) is 0 Å². The van der Waals surface area contributed by atoms with Gasteiger partial charge < -0.3 is 9.64 Å². The predicted octanol–water partition coefficient (Wildman–Crippen LogP) is 4.24. The third kappa shape index (κ3) is 2.83. The molecule has 0 bridgehead atoms. The van der Waals surface area contributed by atoms with E-state index in [1.54, 1.807) is 7.11 Å². The molecule has 0 saturated heterocycles. The maximum absolute atomic E-state index is 8.00. The maximum Gasteiger partial charge on any atom is 0.119 e. The van der Waals surface area contributed by atoms with Crippen LogP contribution in [0.4, 0.5) is 0 Å². The molecule has 3 atom stereocenters. The Hall–Kier alpha value is -1.02. The molecule has 0 N–H and O–H groups in total. The first-order valence-electron chi connectivity index (χ1n) is 9.58. The van der Waals surface area contributed by atoms with Crippen molar-refractivity contribution in [3.8, 4) is 5.75 Å². The summed E-state index contributed by atoms with van der Waals surface area (Å²) in [4.78, 5) is 2.12. The fourth-order valence-electron chi connectivity index (χ4n) is 4.40. The highest BCUT2D eigenvalue weighted by Crippen LogP contribution is 2.47. The topological polar surface area (TPSA) is 12.5 Å². The molecule has 0 aliphatic heterocycles. The molecular weight excluding hydrogens is 258 g/mol. The van der Waals surface area contributed by atoms with Gasteiger partial charge in [-0.05, 0) is 74.3 Å². The number of hydrogen-bond donors (Lipinski definition) is 0. The molecule has 2 unspecified atom stereocenters. The van der Waals surface area contributed by atoms with Crippen LogP contribution in [-0.2, 0) is 6.42 Å². The number of nitrogens with zero attached hydrogens (tertiary/aromatic N) is 1. The number of benzene rings is 1. The summed E-state index contributed by atoms with van der Waals surface area (Å²) in [5.74, 6) is 2.12. The van der Waals surface area contributed by atoms with Gasteiger partial charge in [-0.3, -0.25) is 0 Å². The molecule has 1 fully saturated rings. The van der Waals surface area contributed by atoms with E-state index in [1.165, 1.54) is 36.8 Å². The van der Waals surface area contributed by atoms with Crippen molar-refractivity contribution in [2.75, 3.05) is 20.7 Å². The van der Waals surface area contributed by atoms with Crippen molar-refractivity contribution in [3.63, 3.8) is 0 Å². The van der Waals surface area contributed by atoms with Crippen LogP contribution in [0.3, 0.4) is 0 Å². The van der Waals surface area contributed by atoms with Crippen molar-refractivity contribution in [1.29, 1.82) is 0 Å². The van der Waals surface area contributed by atoms with E-state index >= 15 is 0 Å². The smallest absolute Gasteiger partial charge is 0.119 e. The molecule has 2 aliphatic rings. The quantitative estimate of drug-likeness (QED) is 0.822. The zero-order valence-corrected chi connectivity index (χ0v) is 13.3. The van der Waals surface area contributed by atoms with Crippen LogP contribution >= 0.6 is 0 Å². The van der Waals surface area contributed by atoms with Crippen molar-refractivity contribution in [2.24, 2.45) is 5.92 Å². The minimum atomic E-state index is -0.859. The van der Waals surface area contributed by atoms with E-state index in [0.29, 0.717) is 17.9 Å². The molecule has 2 heteroatoms. The summed E-state index contributed by atoms with van der Waals surface area (Å²) >= 11 is 0. The molecule has 1 saturated carbocycles. The zero-order chi connectivity index (χ0) is 16.4. The lowest BCUT2D eigenvalue weighted by Gasteiger charge is -2.46. The van der Waals surface area contributed by atoms with E-state index in [2.05, 4.69) is 30.0 Å². The standard InChI is InChI=1S/C19H29NO/c1-4-11-20(2)19-12-14-9-10-15(21-3)13-18(14)16-7-5-6-8-17(16)19/h9-10,13,16-17,19H,4-8,11-12H2,1-3H3/t16?,17?,19-/m0/s1/i2D2. The Morgan fingerprint density at radius 3 is 2.95 bits per heavy atom. The molecule has 0 aromatic heterocycles. The summed E-state index contributed by atoms with van der Waals surface area (Å²) in [7, 11) is 1.74. The molecule has 1 aromatic carbocycles. The normalized spacial score (nSPS) is 29.6. The molecule has 0 spiro atoms. The summed E-state index contributed by atoms with van der Waals surface area (Å²) in [5.41, 5.74) is 2.87. The Kier molecular flexibility index (Phi) is 3.81. The molecular formula is C19H29NO. The van der Waals surface area contributed by atoms with Crippen molar-refractivity contribution in [3.05, 3.63) is 29.3 Å². The lowest BCUT2D eigenvalue weighted by Crippen LogP contribution is -2.46. The number of hydrogen-bond acceptors (Lipinski definition) is 2. The summed E-state index contributed by atoms with van der Waals surface area (Å²) in [5, 5.41) is 0. The van der Waals surface area contributed by atoms with Crippen LogP contribution in [0.1, 0.15) is 58.8 Å². The summed E-state index contributed by atoms with van der Waals surface area (Å²) < 4.78 is 21.4. The first kappa shape index (κ1) is 12.5. The average Bonchev–Trinajstić information content (AvgIpc) is 2.58. The second kappa shape index (κ2) is 6.39. The third-order valence-corrected chi connectivity index (χ3v) is 5.40. The fourth-order valence-corrected chi connectivity index (χ4v) is 4.40. The Balaban J connectivity index is 1.96. The highest BCUT2D eigenvalue weighted by atomic mass is 16.5. The highest BCUT2D eigenvalue weighted by Gasteiger charge is 2.39. The van der Waals surface area contributed by atoms with Gasteiger partial charge in [0.15, 0.2) is 0 Å². The van der Waals surface area contributed by atoms with Gasteiger partial charge in [0.25, 0.3) is 0 Å². The average molecular weight is 289 g/mol. The van der Waals surface area contributed by atoms with Gasteiger partial charge >= 0.3 is 0 Å². The maximum atomic E-state index is 8.00. The first-order valence-corrected chi connectivity index (χ1v) is 8.42. The van der Waals surface area contributed by atoms with Crippen molar-refractivity contribution >= 4 is 0 Å². The Morgan fingerprint density at radius 1 is 1.33 bits per heavy atom. The molecule has 2 aliphatic carbocycles. The van der Waals surface area contributed by atoms with E-state index in [1.807, 2.05) is 0 Å². The van der Waals surface area contributed by atoms with Crippen LogP contribution in [0, 0.1) is 5.92 Å². The summed E-state index contributed by atoms with van der Waals surface area (Å²) in [6.07, 6.45) is 7.05. The molecule has 116 valence electrons. The van der Waals surface area contributed by atoms with Crippen LogP contribution in [0.2, 0.25) is 0 Å². The number of fused-ring (bicyclic) bond motifs is 3. The fraction of sp³-hybridized carbons (Fsp3) is 0.684. The molecule has 1 aromatic rings. The van der Waals surface area contributed by atoms with Crippen molar-refractivity contribution < 1.29 is 7.48 Å². The van der Waals surface area contributed by atoms with E-state index in [9.17, 15) is 0 Å². The van der Waals surface area contributed by atoms with Gasteiger partial charge in [-0.2, -0.15) is 0 Å². The van der Waals surface area contributed by atoms with Gasteiger partial charge in [0.2, 0.25) is 0 Å². The Morgan fingerprint density at radius 2 is 2.19 bits per heavy atom. The first-order chi connectivity index (χ1) is 11.2. The van der Waals surface area contributed by atoms with E-state index < -0.39 is 7.00 Å². The van der Waals surface area contributed by atoms with Gasteiger partial charge in [-0.15, -0.1) is 0 Å². The zero-order valence-electron chi connectivity index (χ0n) is 15.3. The van der Waals surface area contributed by atoms with Crippen LogP contribution in [-0.4, -0.2) is 31.6 Å². The van der Waals surface area contributed by atoms with E-state index in [0.717, 1.165) is 25.1 Å². The Labute approximate surface area is 132 Å². The molecule has 3 rings (SSSR count). The van der Waals surface area contributed by atoms with Crippen LogP contribution < -0.4 is 4.74 Å². The second-order valence-corrected chi connectivity index (χ2v) is 6.63. The number of likely N-dealkylation sites (N-methyl/N-ethyl adjacent to an activating group) is 1. The van der Waals surface area contributed by atoms with Crippen LogP contribution in [0.5, 0.6) is 5.75 Å². The van der Waals surface area contributed by atoms with E-state index in [4.69, 9.17) is 7.48 Å².